The third-order valence-electron chi connectivity index (χ3n) is 7.80. The molecule has 0 aliphatic heterocycles. The Morgan fingerprint density at radius 3 is 1.98 bits per heavy atom. The van der Waals surface area contributed by atoms with Gasteiger partial charge in [-0.05, 0) is 6.42 Å². The maximum Gasteiger partial charge on any atom is -0.0253 e. The molecule has 6 rings (SSSR count). The van der Waals surface area contributed by atoms with Crippen LogP contribution in [0.5, 0.6) is 0 Å². The van der Waals surface area contributed by atoms with Crippen molar-refractivity contribution in [1.29, 1.82) is 0 Å². The largest absolute Gasteiger partial charge is 0.179 e. The normalized spacial score (nSPS) is 11.4. The fraction of sp³-hybridized carbons (Fsp3) is 0.268. The zero-order valence-corrected chi connectivity index (χ0v) is 28.7. The monoisotopic (exact) mass is 626 g/mol. The molecule has 0 saturated carbocycles. The van der Waals surface area contributed by atoms with Crippen LogP contribution in [0.2, 0.25) is 0 Å². The predicted molar refractivity (Wildman–Crippen MR) is 178 cm³/mol. The molecule has 5 aromatic carbocycles. The van der Waals surface area contributed by atoms with Crippen molar-refractivity contribution in [3.05, 3.63) is 160 Å². The summed E-state index contributed by atoms with van der Waals surface area (Å²) in [5.74, 6) is 0. The molecule has 0 aromatic heterocycles. The summed E-state index contributed by atoms with van der Waals surface area (Å²) in [4.78, 5) is 0. The SMILES string of the molecule is CCCCc1cc(C(C)(C)C)c[cH-]1.Cc1ccc([C](=[Zr+2])c2ccc(C)cc2)cc1.[c-]1cccc2c1Cc1ccccc1-2. The van der Waals surface area contributed by atoms with E-state index < -0.39 is 0 Å². The fourth-order valence-corrected chi connectivity index (χ4v) is 5.92. The maximum atomic E-state index is 3.30. The third-order valence-corrected chi connectivity index (χ3v) is 9.22. The van der Waals surface area contributed by atoms with Crippen molar-refractivity contribution in [1.82, 2.24) is 0 Å². The maximum absolute atomic E-state index is 3.30. The number of aryl methyl sites for hydroxylation is 3. The molecular formula is C41H44Zr. The molecule has 0 atom stereocenters. The Morgan fingerprint density at radius 1 is 0.810 bits per heavy atom. The van der Waals surface area contributed by atoms with Crippen LogP contribution in [0.4, 0.5) is 0 Å². The topological polar surface area (TPSA) is 0 Å². The van der Waals surface area contributed by atoms with Gasteiger partial charge < -0.3 is 0 Å². The molecule has 5 aromatic rings. The number of rotatable bonds is 5. The smallest absolute Gasteiger partial charge is 0.0253 e. The first-order valence-corrected chi connectivity index (χ1v) is 16.4. The molecule has 0 unspecified atom stereocenters. The van der Waals surface area contributed by atoms with Gasteiger partial charge in [0.15, 0.2) is 0 Å². The molecule has 0 fully saturated rings. The van der Waals surface area contributed by atoms with Gasteiger partial charge in [0.1, 0.15) is 0 Å². The van der Waals surface area contributed by atoms with E-state index in [4.69, 9.17) is 0 Å². The van der Waals surface area contributed by atoms with Crippen molar-refractivity contribution in [3.8, 4) is 11.1 Å². The van der Waals surface area contributed by atoms with Gasteiger partial charge in [0, 0.05) is 0 Å². The average Bonchev–Trinajstić information content (AvgIpc) is 3.63. The number of hydrogen-bond acceptors (Lipinski definition) is 0. The van der Waals surface area contributed by atoms with Gasteiger partial charge >= 0.3 is 112 Å². The molecule has 0 bridgehead atoms. The third kappa shape index (κ3) is 8.75. The molecule has 0 radical (unpaired) electrons. The summed E-state index contributed by atoms with van der Waals surface area (Å²) in [6.45, 7) is 13.3. The van der Waals surface area contributed by atoms with E-state index in [1.54, 1.807) is 0 Å². The number of hydrogen-bond donors (Lipinski definition) is 0. The van der Waals surface area contributed by atoms with Gasteiger partial charge in [0.25, 0.3) is 0 Å². The molecule has 0 amide bonds. The van der Waals surface area contributed by atoms with Crippen LogP contribution in [-0.4, -0.2) is 3.21 Å². The Morgan fingerprint density at radius 2 is 1.40 bits per heavy atom. The van der Waals surface area contributed by atoms with Crippen LogP contribution < -0.4 is 0 Å². The minimum atomic E-state index is 0.310. The summed E-state index contributed by atoms with van der Waals surface area (Å²) in [7, 11) is 0. The molecule has 0 spiro atoms. The van der Waals surface area contributed by atoms with Crippen molar-refractivity contribution < 1.29 is 24.2 Å². The first-order chi connectivity index (χ1) is 20.2. The van der Waals surface area contributed by atoms with Crippen LogP contribution in [0, 0.1) is 19.9 Å². The predicted octanol–water partition coefficient (Wildman–Crippen LogP) is 10.5. The number of benzene rings is 4. The van der Waals surface area contributed by atoms with Gasteiger partial charge in [0.05, 0.1) is 0 Å². The van der Waals surface area contributed by atoms with E-state index in [0.717, 1.165) is 6.42 Å². The average molecular weight is 628 g/mol. The van der Waals surface area contributed by atoms with Crippen LogP contribution in [-0.2, 0) is 42.5 Å². The van der Waals surface area contributed by atoms with Gasteiger partial charge in [-0.3, -0.25) is 0 Å². The Labute approximate surface area is 269 Å². The molecule has 0 heterocycles. The van der Waals surface area contributed by atoms with Gasteiger partial charge in [-0.2, -0.15) is 53.1 Å². The molecule has 0 N–H and O–H groups in total. The van der Waals surface area contributed by atoms with E-state index in [9.17, 15) is 0 Å². The van der Waals surface area contributed by atoms with E-state index in [-0.39, 0.29) is 0 Å². The Hall–Kier alpha value is -3.02. The Bertz CT molecular complexity index is 1480. The quantitative estimate of drug-likeness (QED) is 0.167. The zero-order valence-electron chi connectivity index (χ0n) is 26.2. The van der Waals surface area contributed by atoms with Crippen LogP contribution in [0.25, 0.3) is 11.1 Å². The van der Waals surface area contributed by atoms with Gasteiger partial charge in [-0.15, -0.1) is 5.56 Å². The van der Waals surface area contributed by atoms with Crippen LogP contribution in [0.15, 0.2) is 109 Å². The van der Waals surface area contributed by atoms with Gasteiger partial charge in [-0.1, -0.05) is 87.8 Å². The van der Waals surface area contributed by atoms with E-state index in [1.807, 2.05) is 6.07 Å². The molecule has 1 aliphatic rings. The van der Waals surface area contributed by atoms with Crippen molar-refractivity contribution in [3.63, 3.8) is 0 Å². The Kier molecular flexibility index (Phi) is 11.3. The van der Waals surface area contributed by atoms with Crippen molar-refractivity contribution in [2.75, 3.05) is 0 Å². The summed E-state index contributed by atoms with van der Waals surface area (Å²) in [5.41, 5.74) is 14.1. The minimum absolute atomic E-state index is 0.310. The first-order valence-electron chi connectivity index (χ1n) is 15.2. The summed E-state index contributed by atoms with van der Waals surface area (Å²) in [6.07, 6.45) is 4.89. The summed E-state index contributed by atoms with van der Waals surface area (Å²) in [6, 6.07) is 42.5. The molecule has 1 heteroatoms. The summed E-state index contributed by atoms with van der Waals surface area (Å²) < 4.78 is 1.42. The van der Waals surface area contributed by atoms with Crippen molar-refractivity contribution >= 4 is 3.21 Å². The van der Waals surface area contributed by atoms with Crippen LogP contribution in [0.3, 0.4) is 0 Å². The molecule has 0 saturated heterocycles. The number of fused-ring (bicyclic) bond motifs is 3. The zero-order chi connectivity index (χ0) is 30.1. The van der Waals surface area contributed by atoms with Crippen LogP contribution in [0.1, 0.15) is 85.0 Å². The first kappa shape index (κ1) is 31.9. The van der Waals surface area contributed by atoms with E-state index in [1.165, 1.54) is 102 Å². The second kappa shape index (κ2) is 14.9. The second-order valence-electron chi connectivity index (χ2n) is 12.4. The summed E-state index contributed by atoms with van der Waals surface area (Å²) >= 11 is 1.46. The van der Waals surface area contributed by atoms with Gasteiger partial charge in [0.2, 0.25) is 0 Å². The number of unbranched alkanes of at least 4 members (excludes halogenated alkanes) is 1. The fourth-order valence-electron chi connectivity index (χ4n) is 5.10. The molecule has 0 nitrogen and oxygen atoms in total. The van der Waals surface area contributed by atoms with Crippen molar-refractivity contribution in [2.24, 2.45) is 0 Å². The summed E-state index contributed by atoms with van der Waals surface area (Å²) in [5, 5.41) is 0. The van der Waals surface area contributed by atoms with Gasteiger partial charge in [-0.25, -0.2) is 6.07 Å². The Balaban J connectivity index is 0.000000146. The van der Waals surface area contributed by atoms with Crippen molar-refractivity contribution in [2.45, 2.75) is 72.6 Å². The van der Waals surface area contributed by atoms with E-state index in [0.29, 0.717) is 5.41 Å². The van der Waals surface area contributed by atoms with Crippen LogP contribution >= 0.6 is 0 Å². The second-order valence-corrected chi connectivity index (χ2v) is 13.6. The molecule has 42 heavy (non-hydrogen) atoms. The molecule has 1 aliphatic carbocycles. The van der Waals surface area contributed by atoms with E-state index in [2.05, 4.69) is 151 Å². The minimum Gasteiger partial charge on any atom is -0.179 e. The molecular weight excluding hydrogens is 584 g/mol. The standard InChI is InChI=1S/C15H14.C13H9.C13H21.Zr/c1-12-3-7-14(8-4-12)11-15-9-5-13(2)6-10-15;1-3-7-12-10(5-1)9-11-6-2-4-8-13(11)12;1-5-6-7-11-8-9-12(10-11)13(2,3)4;/h3-10H,1-2H3;1-5,7-8H,9H2;8-10H,5-7H2,1-4H3;/q;2*-1;+2. The molecule has 212 valence electrons. The van der Waals surface area contributed by atoms with E-state index >= 15 is 0 Å².